The van der Waals surface area contributed by atoms with Crippen molar-refractivity contribution in [3.63, 3.8) is 0 Å². The van der Waals surface area contributed by atoms with Crippen LogP contribution in [0.1, 0.15) is 290 Å². The molecule has 9 heteroatoms. The first-order valence-electron chi connectivity index (χ1n) is 32.2. The van der Waals surface area contributed by atoms with Crippen LogP contribution in [0.4, 0.5) is 0 Å². The Morgan fingerprint density at radius 2 is 0.803 bits per heavy atom. The minimum absolute atomic E-state index is 0.189. The summed E-state index contributed by atoms with van der Waals surface area (Å²) in [5.74, 6) is -0.189. The number of hydrogen-bond acceptors (Lipinski definition) is 8. The minimum Gasteiger partial charge on any atom is -0.394 e. The number of aliphatic hydroxyl groups is 5. The molecular formula is C67H121NO8. The number of ether oxygens (including phenoxy) is 2. The van der Waals surface area contributed by atoms with Gasteiger partial charge in [-0.25, -0.2) is 0 Å². The molecule has 1 amide bonds. The van der Waals surface area contributed by atoms with Crippen LogP contribution in [0.5, 0.6) is 0 Å². The fraction of sp³-hybridized carbons (Fsp3) is 0.806. The van der Waals surface area contributed by atoms with Crippen molar-refractivity contribution in [1.29, 1.82) is 0 Å². The maximum absolute atomic E-state index is 13.0. The van der Waals surface area contributed by atoms with Crippen LogP contribution < -0.4 is 5.32 Å². The first kappa shape index (κ1) is 71.6. The molecule has 0 radical (unpaired) electrons. The van der Waals surface area contributed by atoms with Gasteiger partial charge in [0, 0.05) is 6.42 Å². The summed E-state index contributed by atoms with van der Waals surface area (Å²) >= 11 is 0. The molecule has 0 aliphatic carbocycles. The second-order valence-electron chi connectivity index (χ2n) is 22.2. The van der Waals surface area contributed by atoms with Crippen LogP contribution in [0.2, 0.25) is 0 Å². The van der Waals surface area contributed by atoms with Crippen LogP contribution in [0.25, 0.3) is 0 Å². The number of carbonyl (C=O) groups excluding carboxylic acids is 1. The molecule has 1 aliphatic rings. The summed E-state index contributed by atoms with van der Waals surface area (Å²) in [6.45, 7) is 3.70. The Kier molecular flexibility index (Phi) is 52.7. The largest absolute Gasteiger partial charge is 0.394 e. The van der Waals surface area contributed by atoms with Crippen LogP contribution in [0.3, 0.4) is 0 Å². The number of unbranched alkanes of at least 4 members (excludes halogenated alkanes) is 35. The van der Waals surface area contributed by atoms with Crippen molar-refractivity contribution in [2.75, 3.05) is 13.2 Å². The molecule has 76 heavy (non-hydrogen) atoms. The molecule has 1 aliphatic heterocycles. The molecule has 1 rings (SSSR count). The molecule has 7 unspecified atom stereocenters. The first-order valence-corrected chi connectivity index (χ1v) is 32.2. The highest BCUT2D eigenvalue weighted by molar-refractivity contribution is 5.76. The van der Waals surface area contributed by atoms with Gasteiger partial charge in [-0.15, -0.1) is 0 Å². The van der Waals surface area contributed by atoms with Gasteiger partial charge in [0.1, 0.15) is 24.4 Å². The third-order valence-electron chi connectivity index (χ3n) is 15.0. The number of amides is 1. The van der Waals surface area contributed by atoms with Gasteiger partial charge in [0.05, 0.1) is 25.4 Å². The summed E-state index contributed by atoms with van der Waals surface area (Å²) < 4.78 is 11.2. The monoisotopic (exact) mass is 1070 g/mol. The standard InChI is InChI=1S/C67H121NO8/c1-3-5-7-9-11-13-15-17-18-19-20-21-22-23-24-25-26-27-28-29-30-31-32-33-34-35-36-37-38-39-40-41-42-43-44-45-47-49-51-53-55-57-63(71)68-60(59-75-67-66(74)65(73)64(72)62(58-69)76-67)61(70)56-54-52-50-48-46-16-14-12-10-8-6-4-2/h10,12,15,17,19-20,22-23,46,48,54,56,60-62,64-67,69-70,72-74H,3-9,11,13-14,16,18,21,24-45,47,49-53,55,57-59H2,1-2H3,(H,68,71)/b12-10+,17-15-,20-19-,23-22-,48-46+,56-54+. The normalized spacial score (nSPS) is 19.3. The number of aliphatic hydroxyl groups excluding tert-OH is 5. The quantitative estimate of drug-likeness (QED) is 0.0261. The van der Waals surface area contributed by atoms with Crippen molar-refractivity contribution < 1.29 is 39.8 Å². The van der Waals surface area contributed by atoms with Crippen molar-refractivity contribution in [3.8, 4) is 0 Å². The third-order valence-corrected chi connectivity index (χ3v) is 15.0. The second-order valence-corrected chi connectivity index (χ2v) is 22.2. The van der Waals surface area contributed by atoms with E-state index in [0.717, 1.165) is 64.2 Å². The van der Waals surface area contributed by atoms with E-state index in [1.807, 2.05) is 6.08 Å². The van der Waals surface area contributed by atoms with Crippen molar-refractivity contribution in [2.45, 2.75) is 333 Å². The van der Waals surface area contributed by atoms with Gasteiger partial charge in [0.2, 0.25) is 5.91 Å². The van der Waals surface area contributed by atoms with Crippen LogP contribution in [0, 0.1) is 0 Å². The number of allylic oxidation sites excluding steroid dienone is 11. The molecule has 0 aromatic heterocycles. The molecule has 1 fully saturated rings. The first-order chi connectivity index (χ1) is 37.3. The molecular weight excluding hydrogens is 947 g/mol. The van der Waals surface area contributed by atoms with Crippen LogP contribution >= 0.6 is 0 Å². The van der Waals surface area contributed by atoms with E-state index in [1.165, 1.54) is 205 Å². The van der Waals surface area contributed by atoms with Gasteiger partial charge in [0.15, 0.2) is 6.29 Å². The molecule has 7 atom stereocenters. The SMILES string of the molecule is CCCC/C=C/CC/C=C/CC/C=C/C(O)C(COC1OC(CO)C(O)C(O)C1O)NC(=O)CCCCCCCCCCCCCCCCCCCCCCCCCCCC/C=C\C/C=C\C/C=C\CCCCCCC. The molecule has 0 bridgehead atoms. The number of rotatable bonds is 55. The maximum atomic E-state index is 13.0. The van der Waals surface area contributed by atoms with E-state index in [2.05, 4.69) is 79.9 Å². The van der Waals surface area contributed by atoms with Gasteiger partial charge in [-0.1, -0.05) is 279 Å². The topological polar surface area (TPSA) is 149 Å². The van der Waals surface area contributed by atoms with Gasteiger partial charge in [-0.2, -0.15) is 0 Å². The molecule has 1 saturated heterocycles. The molecule has 442 valence electrons. The minimum atomic E-state index is -1.57. The van der Waals surface area contributed by atoms with Crippen LogP contribution in [0.15, 0.2) is 72.9 Å². The van der Waals surface area contributed by atoms with E-state index in [-0.39, 0.29) is 12.5 Å². The van der Waals surface area contributed by atoms with E-state index in [9.17, 15) is 30.3 Å². The lowest BCUT2D eigenvalue weighted by Crippen LogP contribution is -2.60. The predicted octanol–water partition coefficient (Wildman–Crippen LogP) is 16.8. The lowest BCUT2D eigenvalue weighted by Gasteiger charge is -2.40. The van der Waals surface area contributed by atoms with Crippen molar-refractivity contribution in [2.24, 2.45) is 0 Å². The third kappa shape index (κ3) is 44.5. The Morgan fingerprint density at radius 3 is 1.24 bits per heavy atom. The van der Waals surface area contributed by atoms with Gasteiger partial charge >= 0.3 is 0 Å². The van der Waals surface area contributed by atoms with Crippen molar-refractivity contribution in [3.05, 3.63) is 72.9 Å². The van der Waals surface area contributed by atoms with Gasteiger partial charge in [-0.3, -0.25) is 4.79 Å². The molecule has 0 aromatic carbocycles. The molecule has 0 aromatic rings. The van der Waals surface area contributed by atoms with Gasteiger partial charge in [0.25, 0.3) is 0 Å². The average molecular weight is 1070 g/mol. The fourth-order valence-corrected chi connectivity index (χ4v) is 9.89. The zero-order chi connectivity index (χ0) is 55.0. The summed E-state index contributed by atoms with van der Waals surface area (Å²) in [5.41, 5.74) is 0. The summed E-state index contributed by atoms with van der Waals surface area (Å²) in [5, 5.41) is 54.4. The Balaban J connectivity index is 2.01. The Labute approximate surface area is 468 Å². The maximum Gasteiger partial charge on any atom is 0.220 e. The molecule has 1 heterocycles. The van der Waals surface area contributed by atoms with E-state index in [1.54, 1.807) is 6.08 Å². The molecule has 0 saturated carbocycles. The molecule has 0 spiro atoms. The molecule has 9 nitrogen and oxygen atoms in total. The van der Waals surface area contributed by atoms with Gasteiger partial charge in [-0.05, 0) is 77.0 Å². The predicted molar refractivity (Wildman–Crippen MR) is 322 cm³/mol. The summed E-state index contributed by atoms with van der Waals surface area (Å²) in [4.78, 5) is 13.0. The summed E-state index contributed by atoms with van der Waals surface area (Å²) in [6, 6.07) is -0.828. The molecule has 6 N–H and O–H groups in total. The lowest BCUT2D eigenvalue weighted by atomic mass is 9.99. The fourth-order valence-electron chi connectivity index (χ4n) is 9.89. The van der Waals surface area contributed by atoms with E-state index in [0.29, 0.717) is 6.42 Å². The second kappa shape index (κ2) is 55.9. The van der Waals surface area contributed by atoms with Gasteiger partial charge < -0.3 is 40.3 Å². The highest BCUT2D eigenvalue weighted by Gasteiger charge is 2.44. The Bertz CT molecular complexity index is 1420. The number of nitrogens with one attached hydrogen (secondary N) is 1. The van der Waals surface area contributed by atoms with Crippen LogP contribution in [-0.2, 0) is 14.3 Å². The highest BCUT2D eigenvalue weighted by Crippen LogP contribution is 2.23. The zero-order valence-electron chi connectivity index (χ0n) is 49.3. The number of carbonyl (C=O) groups is 1. The summed E-state index contributed by atoms with van der Waals surface area (Å²) in [6.07, 6.45) is 71.7. The highest BCUT2D eigenvalue weighted by atomic mass is 16.7. The lowest BCUT2D eigenvalue weighted by molar-refractivity contribution is -0.302. The Hall–Kier alpha value is -2.37. The van der Waals surface area contributed by atoms with E-state index >= 15 is 0 Å². The van der Waals surface area contributed by atoms with E-state index in [4.69, 9.17) is 9.47 Å². The van der Waals surface area contributed by atoms with E-state index < -0.39 is 49.5 Å². The number of hydrogen-bond donors (Lipinski definition) is 6. The average Bonchev–Trinajstić information content (AvgIpc) is 3.42. The van der Waals surface area contributed by atoms with Crippen molar-refractivity contribution in [1.82, 2.24) is 5.32 Å². The van der Waals surface area contributed by atoms with Crippen LogP contribution in [-0.4, -0.2) is 87.5 Å². The smallest absolute Gasteiger partial charge is 0.220 e. The zero-order valence-corrected chi connectivity index (χ0v) is 49.3. The summed E-state index contributed by atoms with van der Waals surface area (Å²) in [7, 11) is 0. The van der Waals surface area contributed by atoms with Crippen molar-refractivity contribution >= 4 is 5.91 Å². The Morgan fingerprint density at radius 1 is 0.447 bits per heavy atom.